The zero-order chi connectivity index (χ0) is 25.3. The van der Waals surface area contributed by atoms with Gasteiger partial charge in [0, 0.05) is 31.4 Å². The maximum Gasteiger partial charge on any atom is 0.314 e. The van der Waals surface area contributed by atoms with Crippen LogP contribution >= 0.6 is 11.3 Å². The van der Waals surface area contributed by atoms with Crippen molar-refractivity contribution < 1.29 is 23.8 Å². The van der Waals surface area contributed by atoms with Crippen LogP contribution in [0.4, 0.5) is 4.79 Å². The standard InChI is InChI=1S/C26H30N4O5S/c1-3-27-25(32)28-13-4-14-30-21(19-7-9-20(33-2)10-8-19)16-36-26(30)29-24(31)12-6-18-5-11-22-23(15-18)35-17-34-22/h5,7-11,15-16H,3-4,6,12-14,17H2,1-2H3,(H2,27,28,32)/b29-26-. The summed E-state index contributed by atoms with van der Waals surface area (Å²) in [6.45, 7) is 3.78. The summed E-state index contributed by atoms with van der Waals surface area (Å²) in [6, 6.07) is 13.3. The quantitative estimate of drug-likeness (QED) is 0.405. The molecular weight excluding hydrogens is 480 g/mol. The molecule has 0 unspecified atom stereocenters. The van der Waals surface area contributed by atoms with Crippen molar-refractivity contribution in [3.63, 3.8) is 0 Å². The van der Waals surface area contributed by atoms with Gasteiger partial charge in [-0.05, 0) is 67.3 Å². The van der Waals surface area contributed by atoms with Crippen LogP contribution in [0, 0.1) is 0 Å². The van der Waals surface area contributed by atoms with Crippen molar-refractivity contribution >= 4 is 23.3 Å². The Balaban J connectivity index is 1.49. The summed E-state index contributed by atoms with van der Waals surface area (Å²) in [5, 5.41) is 7.57. The van der Waals surface area contributed by atoms with Crippen LogP contribution < -0.4 is 29.6 Å². The molecule has 0 bridgehead atoms. The van der Waals surface area contributed by atoms with E-state index in [1.165, 1.54) is 11.3 Å². The highest BCUT2D eigenvalue weighted by molar-refractivity contribution is 7.07. The number of benzene rings is 2. The molecule has 1 aliphatic rings. The van der Waals surface area contributed by atoms with E-state index in [4.69, 9.17) is 14.2 Å². The van der Waals surface area contributed by atoms with Crippen LogP contribution in [0.3, 0.4) is 0 Å². The first-order chi connectivity index (χ1) is 17.6. The molecule has 36 heavy (non-hydrogen) atoms. The first-order valence-corrected chi connectivity index (χ1v) is 12.8. The predicted octanol–water partition coefficient (Wildman–Crippen LogP) is 3.72. The molecule has 10 heteroatoms. The predicted molar refractivity (Wildman–Crippen MR) is 137 cm³/mol. The molecule has 0 fully saturated rings. The molecule has 2 aromatic carbocycles. The zero-order valence-corrected chi connectivity index (χ0v) is 21.2. The molecule has 0 spiro atoms. The Labute approximate surface area is 213 Å². The number of rotatable bonds is 10. The second-order valence-electron chi connectivity index (χ2n) is 8.12. The van der Waals surface area contributed by atoms with E-state index < -0.39 is 0 Å². The Bertz CT molecular complexity index is 1270. The van der Waals surface area contributed by atoms with E-state index in [-0.39, 0.29) is 25.2 Å². The Hall–Kier alpha value is -3.79. The second kappa shape index (κ2) is 12.3. The van der Waals surface area contributed by atoms with Gasteiger partial charge in [-0.15, -0.1) is 11.3 Å². The third kappa shape index (κ3) is 6.45. The molecule has 2 N–H and O–H groups in total. The minimum Gasteiger partial charge on any atom is -0.497 e. The Morgan fingerprint density at radius 2 is 1.92 bits per heavy atom. The number of aryl methyl sites for hydroxylation is 1. The van der Waals surface area contributed by atoms with E-state index >= 15 is 0 Å². The molecule has 0 saturated carbocycles. The lowest BCUT2D eigenvalue weighted by Crippen LogP contribution is -2.36. The van der Waals surface area contributed by atoms with Crippen molar-refractivity contribution in [3.05, 3.63) is 58.2 Å². The number of hydrogen-bond donors (Lipinski definition) is 2. The van der Waals surface area contributed by atoms with Gasteiger partial charge < -0.3 is 29.4 Å². The molecule has 9 nitrogen and oxygen atoms in total. The van der Waals surface area contributed by atoms with Crippen molar-refractivity contribution in [2.45, 2.75) is 32.7 Å². The summed E-state index contributed by atoms with van der Waals surface area (Å²) in [7, 11) is 1.63. The number of nitrogens with one attached hydrogen (secondary N) is 2. The summed E-state index contributed by atoms with van der Waals surface area (Å²) in [5.74, 6) is 2.01. The lowest BCUT2D eigenvalue weighted by molar-refractivity contribution is -0.118. The minimum atomic E-state index is -0.190. The molecule has 2 heterocycles. The van der Waals surface area contributed by atoms with Crippen LogP contribution in [0.15, 0.2) is 52.8 Å². The van der Waals surface area contributed by atoms with Gasteiger partial charge in [0.1, 0.15) is 5.75 Å². The van der Waals surface area contributed by atoms with Crippen LogP contribution in [0.5, 0.6) is 17.2 Å². The van der Waals surface area contributed by atoms with Crippen molar-refractivity contribution in [1.29, 1.82) is 0 Å². The van der Waals surface area contributed by atoms with Gasteiger partial charge in [0.05, 0.1) is 12.8 Å². The monoisotopic (exact) mass is 510 g/mol. The number of carbonyl (C=O) groups excluding carboxylic acids is 2. The fourth-order valence-electron chi connectivity index (χ4n) is 3.80. The number of urea groups is 1. The smallest absolute Gasteiger partial charge is 0.314 e. The average Bonchev–Trinajstić information content (AvgIpc) is 3.52. The Morgan fingerprint density at radius 1 is 1.11 bits per heavy atom. The number of ether oxygens (including phenoxy) is 3. The molecule has 190 valence electrons. The van der Waals surface area contributed by atoms with Gasteiger partial charge >= 0.3 is 6.03 Å². The zero-order valence-electron chi connectivity index (χ0n) is 20.4. The van der Waals surface area contributed by atoms with E-state index in [0.29, 0.717) is 43.0 Å². The lowest BCUT2D eigenvalue weighted by atomic mass is 10.1. The molecule has 0 aliphatic carbocycles. The van der Waals surface area contributed by atoms with E-state index in [1.807, 2.05) is 59.3 Å². The fraction of sp³-hybridized carbons (Fsp3) is 0.346. The summed E-state index contributed by atoms with van der Waals surface area (Å²) in [5.41, 5.74) is 2.96. The van der Waals surface area contributed by atoms with Gasteiger partial charge in [-0.2, -0.15) is 4.99 Å². The van der Waals surface area contributed by atoms with E-state index in [9.17, 15) is 9.59 Å². The Morgan fingerprint density at radius 3 is 2.69 bits per heavy atom. The van der Waals surface area contributed by atoms with Crippen LogP contribution in [-0.2, 0) is 17.8 Å². The van der Waals surface area contributed by atoms with Gasteiger partial charge in [-0.25, -0.2) is 4.79 Å². The molecule has 3 aromatic rings. The molecule has 4 rings (SSSR count). The van der Waals surface area contributed by atoms with Crippen molar-refractivity contribution in [2.24, 2.45) is 4.99 Å². The van der Waals surface area contributed by atoms with Gasteiger partial charge in [-0.1, -0.05) is 6.07 Å². The van der Waals surface area contributed by atoms with Crippen molar-refractivity contribution in [1.82, 2.24) is 15.2 Å². The average molecular weight is 511 g/mol. The number of carbonyl (C=O) groups is 2. The van der Waals surface area contributed by atoms with Gasteiger partial charge in [0.2, 0.25) is 12.7 Å². The van der Waals surface area contributed by atoms with Gasteiger partial charge in [0.15, 0.2) is 16.3 Å². The number of methoxy groups -OCH3 is 1. The molecule has 0 radical (unpaired) electrons. The number of nitrogens with zero attached hydrogens (tertiary/aromatic N) is 2. The summed E-state index contributed by atoms with van der Waals surface area (Å²) in [6.07, 6.45) is 1.54. The van der Waals surface area contributed by atoms with E-state index in [2.05, 4.69) is 15.6 Å². The number of aromatic nitrogens is 1. The van der Waals surface area contributed by atoms with Gasteiger partial charge in [-0.3, -0.25) is 4.79 Å². The first-order valence-electron chi connectivity index (χ1n) is 11.9. The molecule has 0 saturated heterocycles. The van der Waals surface area contributed by atoms with E-state index in [0.717, 1.165) is 28.3 Å². The third-order valence-electron chi connectivity index (χ3n) is 5.65. The second-order valence-corrected chi connectivity index (χ2v) is 8.95. The normalized spacial score (nSPS) is 12.4. The van der Waals surface area contributed by atoms with Crippen molar-refractivity contribution in [2.75, 3.05) is 27.0 Å². The van der Waals surface area contributed by atoms with Gasteiger partial charge in [0.25, 0.3) is 0 Å². The number of amides is 3. The minimum absolute atomic E-state index is 0.188. The summed E-state index contributed by atoms with van der Waals surface area (Å²) < 4.78 is 18.1. The molecule has 1 aromatic heterocycles. The molecule has 1 aliphatic heterocycles. The highest BCUT2D eigenvalue weighted by atomic mass is 32.1. The number of fused-ring (bicyclic) bond motifs is 1. The highest BCUT2D eigenvalue weighted by Crippen LogP contribution is 2.32. The first kappa shape index (κ1) is 25.3. The maximum absolute atomic E-state index is 12.8. The molecule has 3 amide bonds. The largest absolute Gasteiger partial charge is 0.497 e. The summed E-state index contributed by atoms with van der Waals surface area (Å²) in [4.78, 5) is 29.5. The number of thiazole rings is 1. The topological polar surface area (TPSA) is 103 Å². The molecule has 0 atom stereocenters. The SMILES string of the molecule is CCNC(=O)NCCCn1c(-c2ccc(OC)cc2)cs/c1=N\C(=O)CCc1ccc2c(c1)OCO2. The van der Waals surface area contributed by atoms with Crippen LogP contribution in [0.1, 0.15) is 25.3 Å². The third-order valence-corrected chi connectivity index (χ3v) is 6.51. The molecular formula is C26H30N4O5S. The van der Waals surface area contributed by atoms with Crippen LogP contribution in [-0.4, -0.2) is 43.5 Å². The maximum atomic E-state index is 12.8. The fourth-order valence-corrected chi connectivity index (χ4v) is 4.75. The lowest BCUT2D eigenvalue weighted by Gasteiger charge is -2.11. The number of hydrogen-bond acceptors (Lipinski definition) is 6. The van der Waals surface area contributed by atoms with Crippen LogP contribution in [0.25, 0.3) is 11.3 Å². The van der Waals surface area contributed by atoms with Crippen LogP contribution in [0.2, 0.25) is 0 Å². The highest BCUT2D eigenvalue weighted by Gasteiger charge is 2.14. The Kier molecular flexibility index (Phi) is 8.62. The van der Waals surface area contributed by atoms with Crippen molar-refractivity contribution in [3.8, 4) is 28.5 Å². The van der Waals surface area contributed by atoms with E-state index in [1.54, 1.807) is 7.11 Å². The summed E-state index contributed by atoms with van der Waals surface area (Å²) >= 11 is 1.43.